The Morgan fingerprint density at radius 2 is 1.67 bits per heavy atom. The van der Waals surface area contributed by atoms with Gasteiger partial charge in [-0.3, -0.25) is 4.79 Å². The Kier molecular flexibility index (Phi) is 8.56. The quantitative estimate of drug-likeness (QED) is 0.298. The van der Waals surface area contributed by atoms with Gasteiger partial charge in [-0.05, 0) is 54.7 Å². The van der Waals surface area contributed by atoms with Crippen LogP contribution in [-0.4, -0.2) is 43.8 Å². The fourth-order valence-corrected chi connectivity index (χ4v) is 7.24. The number of rotatable bonds is 7. The van der Waals surface area contributed by atoms with Crippen LogP contribution >= 0.6 is 0 Å². The SMILES string of the molecule is CC(C)(C)[C@@H](C#N)CC(=O)[C@@H]1CCCC[C@H]1c1oc(-c2ccc(F)cc2)nc1-c1ccc(N2CCS(=O)(=O)CC2)cc1. The Balaban J connectivity index is 1.50. The molecule has 3 aromatic rings. The monoisotopic (exact) mass is 591 g/mol. The van der Waals surface area contributed by atoms with Crippen LogP contribution in [-0.2, 0) is 14.6 Å². The van der Waals surface area contributed by atoms with E-state index in [1.54, 1.807) is 12.1 Å². The lowest BCUT2D eigenvalue weighted by molar-refractivity contribution is -0.125. The molecule has 0 radical (unpaired) electrons. The molecule has 0 spiro atoms. The average molecular weight is 592 g/mol. The van der Waals surface area contributed by atoms with E-state index < -0.39 is 9.84 Å². The van der Waals surface area contributed by atoms with E-state index in [0.717, 1.165) is 36.9 Å². The lowest BCUT2D eigenvalue weighted by Crippen LogP contribution is -2.40. The van der Waals surface area contributed by atoms with Crippen molar-refractivity contribution in [3.63, 3.8) is 0 Å². The Bertz CT molecular complexity index is 1550. The molecule has 1 aliphatic carbocycles. The van der Waals surface area contributed by atoms with Crippen LogP contribution < -0.4 is 4.90 Å². The van der Waals surface area contributed by atoms with Crippen molar-refractivity contribution in [1.82, 2.24) is 4.98 Å². The smallest absolute Gasteiger partial charge is 0.226 e. The molecule has 1 aromatic heterocycles. The summed E-state index contributed by atoms with van der Waals surface area (Å²) in [5, 5.41) is 9.79. The number of hydrogen-bond donors (Lipinski definition) is 0. The van der Waals surface area contributed by atoms with Crippen molar-refractivity contribution in [3.05, 3.63) is 60.1 Å². The number of nitrogens with zero attached hydrogens (tertiary/aromatic N) is 3. The van der Waals surface area contributed by atoms with Crippen molar-refractivity contribution in [2.45, 2.75) is 58.8 Å². The number of aromatic nitrogens is 1. The van der Waals surface area contributed by atoms with Gasteiger partial charge in [0.25, 0.3) is 0 Å². The van der Waals surface area contributed by atoms with Gasteiger partial charge in [0.15, 0.2) is 9.84 Å². The highest BCUT2D eigenvalue weighted by Gasteiger charge is 2.39. The zero-order valence-corrected chi connectivity index (χ0v) is 25.3. The van der Waals surface area contributed by atoms with Gasteiger partial charge in [-0.1, -0.05) is 45.7 Å². The summed E-state index contributed by atoms with van der Waals surface area (Å²) in [6.07, 6.45) is 3.60. The van der Waals surface area contributed by atoms with E-state index in [1.165, 1.54) is 12.1 Å². The first-order chi connectivity index (χ1) is 19.9. The van der Waals surface area contributed by atoms with Crippen LogP contribution in [0, 0.1) is 34.4 Å². The minimum absolute atomic E-state index is 0.0854. The van der Waals surface area contributed by atoms with E-state index >= 15 is 0 Å². The molecule has 0 bridgehead atoms. The van der Waals surface area contributed by atoms with Gasteiger partial charge in [0.05, 0.1) is 23.5 Å². The summed E-state index contributed by atoms with van der Waals surface area (Å²) in [4.78, 5) is 20.7. The largest absolute Gasteiger partial charge is 0.440 e. The molecule has 2 aliphatic rings. The molecule has 7 nitrogen and oxygen atoms in total. The Morgan fingerprint density at radius 1 is 1.05 bits per heavy atom. The van der Waals surface area contributed by atoms with Crippen LogP contribution in [0.15, 0.2) is 52.9 Å². The van der Waals surface area contributed by atoms with Crippen LogP contribution in [0.2, 0.25) is 0 Å². The third-order valence-corrected chi connectivity index (χ3v) is 10.3. The Hall–Kier alpha value is -3.51. The minimum Gasteiger partial charge on any atom is -0.440 e. The van der Waals surface area contributed by atoms with Gasteiger partial charge < -0.3 is 9.32 Å². The molecule has 0 amide bonds. The number of anilines is 1. The Labute approximate surface area is 247 Å². The van der Waals surface area contributed by atoms with Gasteiger partial charge in [0.1, 0.15) is 23.1 Å². The van der Waals surface area contributed by atoms with Gasteiger partial charge in [-0.15, -0.1) is 0 Å². The van der Waals surface area contributed by atoms with Crippen LogP contribution in [0.4, 0.5) is 10.1 Å². The van der Waals surface area contributed by atoms with E-state index in [2.05, 4.69) is 11.0 Å². The highest BCUT2D eigenvalue weighted by Crippen LogP contribution is 2.45. The van der Waals surface area contributed by atoms with Crippen LogP contribution in [0.25, 0.3) is 22.7 Å². The first kappa shape index (κ1) is 30.0. The fraction of sp³-hybridized carbons (Fsp3) is 0.485. The maximum atomic E-state index is 13.7. The molecule has 0 unspecified atom stereocenters. The highest BCUT2D eigenvalue weighted by atomic mass is 32.2. The molecule has 1 saturated carbocycles. The molecular weight excluding hydrogens is 553 g/mol. The number of carbonyl (C=O) groups is 1. The number of nitriles is 1. The molecule has 2 fully saturated rings. The van der Waals surface area contributed by atoms with Crippen LogP contribution in [0.1, 0.15) is 64.6 Å². The van der Waals surface area contributed by atoms with Gasteiger partial charge in [-0.2, -0.15) is 5.26 Å². The van der Waals surface area contributed by atoms with E-state index in [1.807, 2.05) is 45.0 Å². The summed E-state index contributed by atoms with van der Waals surface area (Å²) in [6, 6.07) is 16.2. The molecule has 2 heterocycles. The second-order valence-corrected chi connectivity index (χ2v) is 14.9. The summed E-state index contributed by atoms with van der Waals surface area (Å²) in [5.74, 6) is 0.185. The summed E-state index contributed by atoms with van der Waals surface area (Å²) in [5.41, 5.74) is 2.76. The topological polar surface area (TPSA) is 104 Å². The number of Topliss-reactive ketones (excluding diaryl/α,β-unsaturated/α-hetero) is 1. The number of carbonyl (C=O) groups excluding carboxylic acids is 1. The average Bonchev–Trinajstić information content (AvgIpc) is 3.41. The summed E-state index contributed by atoms with van der Waals surface area (Å²) < 4.78 is 43.9. The zero-order valence-electron chi connectivity index (χ0n) is 24.5. The molecule has 1 saturated heterocycles. The van der Waals surface area contributed by atoms with Crippen LogP contribution in [0.5, 0.6) is 0 Å². The van der Waals surface area contributed by atoms with Gasteiger partial charge in [-0.25, -0.2) is 17.8 Å². The first-order valence-corrected chi connectivity index (χ1v) is 16.5. The number of hydrogen-bond acceptors (Lipinski definition) is 7. The molecule has 222 valence electrons. The van der Waals surface area contributed by atoms with Crippen molar-refractivity contribution in [2.24, 2.45) is 17.3 Å². The number of sulfone groups is 1. The third kappa shape index (κ3) is 6.59. The lowest BCUT2D eigenvalue weighted by Gasteiger charge is -2.32. The standard InChI is InChI=1S/C33H38FN3O4S/c1-33(2,3)24(21-35)20-29(38)27-6-4-5-7-28(27)31-30(36-32(41-31)23-8-12-25(34)13-9-23)22-10-14-26(15-11-22)37-16-18-42(39,40)19-17-37/h8-15,24,27-28H,4-7,16-20H2,1-3H3/t24-,27-,28-/m1/s1. The minimum atomic E-state index is -2.98. The number of halogens is 1. The number of oxazole rings is 1. The maximum Gasteiger partial charge on any atom is 0.226 e. The molecule has 9 heteroatoms. The van der Waals surface area contributed by atoms with E-state index in [-0.39, 0.29) is 52.7 Å². The lowest BCUT2D eigenvalue weighted by atomic mass is 9.71. The van der Waals surface area contributed by atoms with Crippen molar-refractivity contribution >= 4 is 21.3 Å². The van der Waals surface area contributed by atoms with Gasteiger partial charge in [0.2, 0.25) is 5.89 Å². The summed E-state index contributed by atoms with van der Waals surface area (Å²) in [7, 11) is -2.98. The molecule has 5 rings (SSSR count). The number of benzene rings is 2. The molecule has 3 atom stereocenters. The van der Waals surface area contributed by atoms with Crippen molar-refractivity contribution < 1.29 is 22.0 Å². The second kappa shape index (κ2) is 12.0. The summed E-state index contributed by atoms with van der Waals surface area (Å²) in [6.45, 7) is 6.87. The van der Waals surface area contributed by atoms with E-state index in [4.69, 9.17) is 9.40 Å². The Morgan fingerprint density at radius 3 is 2.29 bits per heavy atom. The maximum absolute atomic E-state index is 13.7. The fourth-order valence-electron chi connectivity index (χ4n) is 6.03. The summed E-state index contributed by atoms with van der Waals surface area (Å²) >= 11 is 0. The first-order valence-electron chi connectivity index (χ1n) is 14.7. The predicted molar refractivity (Wildman–Crippen MR) is 161 cm³/mol. The third-order valence-electron chi connectivity index (χ3n) is 8.72. The van der Waals surface area contributed by atoms with Gasteiger partial charge >= 0.3 is 0 Å². The molecular formula is C33H38FN3O4S. The van der Waals surface area contributed by atoms with Crippen molar-refractivity contribution in [1.29, 1.82) is 5.26 Å². The van der Waals surface area contributed by atoms with Crippen LogP contribution in [0.3, 0.4) is 0 Å². The molecule has 42 heavy (non-hydrogen) atoms. The second-order valence-electron chi connectivity index (χ2n) is 12.6. The van der Waals surface area contributed by atoms with E-state index in [9.17, 15) is 22.9 Å². The van der Waals surface area contributed by atoms with E-state index in [0.29, 0.717) is 36.0 Å². The number of ketones is 1. The van der Waals surface area contributed by atoms with Gasteiger partial charge in [0, 0.05) is 48.2 Å². The normalized spacial score (nSPS) is 21.5. The van der Waals surface area contributed by atoms with Crippen molar-refractivity contribution in [3.8, 4) is 28.8 Å². The molecule has 1 aliphatic heterocycles. The highest BCUT2D eigenvalue weighted by molar-refractivity contribution is 7.91. The predicted octanol–water partition coefficient (Wildman–Crippen LogP) is 6.80. The molecule has 0 N–H and O–H groups in total. The van der Waals surface area contributed by atoms with Crippen molar-refractivity contribution in [2.75, 3.05) is 29.5 Å². The molecule has 2 aromatic carbocycles. The zero-order chi connectivity index (χ0) is 30.1.